The summed E-state index contributed by atoms with van der Waals surface area (Å²) in [4.78, 5) is 26.1. The Balaban J connectivity index is 2.25. The fraction of sp³-hybridized carbons (Fsp3) is 0.462. The van der Waals surface area contributed by atoms with E-state index < -0.39 is 5.97 Å². The number of rotatable bonds is 7. The van der Waals surface area contributed by atoms with E-state index >= 15 is 0 Å². The van der Waals surface area contributed by atoms with Gasteiger partial charge < -0.3 is 15.7 Å². The molecule has 0 radical (unpaired) electrons. The van der Waals surface area contributed by atoms with Gasteiger partial charge in [0.25, 0.3) is 0 Å². The molecular formula is C13H19N3O3. The Labute approximate surface area is 112 Å². The van der Waals surface area contributed by atoms with E-state index in [2.05, 4.69) is 15.6 Å². The summed E-state index contributed by atoms with van der Waals surface area (Å²) in [6.07, 6.45) is 4.66. The largest absolute Gasteiger partial charge is 0.481 e. The highest BCUT2D eigenvalue weighted by Gasteiger charge is 2.13. The van der Waals surface area contributed by atoms with Crippen molar-refractivity contribution >= 4 is 12.0 Å². The van der Waals surface area contributed by atoms with Gasteiger partial charge in [-0.25, -0.2) is 4.79 Å². The number of urea groups is 1. The number of carboxylic acids is 1. The molecule has 6 heteroatoms. The SMILES string of the molecule is CCC(CC(=O)O)NC(=O)NCCc1cccnc1. The normalized spacial score (nSPS) is 11.6. The number of amides is 2. The molecule has 0 saturated carbocycles. The van der Waals surface area contributed by atoms with Crippen LogP contribution in [0, 0.1) is 0 Å². The van der Waals surface area contributed by atoms with Crippen LogP contribution >= 0.6 is 0 Å². The van der Waals surface area contributed by atoms with Crippen molar-refractivity contribution in [3.05, 3.63) is 30.1 Å². The minimum atomic E-state index is -0.914. The van der Waals surface area contributed by atoms with Crippen molar-refractivity contribution in [3.63, 3.8) is 0 Å². The zero-order valence-electron chi connectivity index (χ0n) is 10.9. The number of hydrogen-bond acceptors (Lipinski definition) is 3. The highest BCUT2D eigenvalue weighted by atomic mass is 16.4. The molecule has 0 fully saturated rings. The Morgan fingerprint density at radius 3 is 2.84 bits per heavy atom. The minimum Gasteiger partial charge on any atom is -0.481 e. The first kappa shape index (κ1) is 14.9. The third kappa shape index (κ3) is 6.40. The van der Waals surface area contributed by atoms with Gasteiger partial charge in [-0.05, 0) is 24.5 Å². The third-order valence-electron chi connectivity index (χ3n) is 2.67. The lowest BCUT2D eigenvalue weighted by atomic mass is 10.1. The fourth-order valence-electron chi connectivity index (χ4n) is 1.61. The molecule has 0 aliphatic carbocycles. The van der Waals surface area contributed by atoms with Crippen LogP contribution in [0.4, 0.5) is 4.79 Å². The Kier molecular flexibility index (Phi) is 6.35. The number of carboxylic acid groups (broad SMARTS) is 1. The quantitative estimate of drug-likeness (QED) is 0.690. The van der Waals surface area contributed by atoms with Gasteiger partial charge >= 0.3 is 12.0 Å². The van der Waals surface area contributed by atoms with E-state index in [9.17, 15) is 9.59 Å². The number of carbonyl (C=O) groups excluding carboxylic acids is 1. The summed E-state index contributed by atoms with van der Waals surface area (Å²) in [5.41, 5.74) is 1.04. The van der Waals surface area contributed by atoms with Crippen LogP contribution in [0.15, 0.2) is 24.5 Å². The Hall–Kier alpha value is -2.11. The predicted octanol–water partition coefficient (Wildman–Crippen LogP) is 1.18. The van der Waals surface area contributed by atoms with Crippen LogP contribution in [-0.2, 0) is 11.2 Å². The van der Waals surface area contributed by atoms with E-state index in [0.717, 1.165) is 5.56 Å². The molecule has 1 atom stereocenters. The molecule has 0 aliphatic rings. The van der Waals surface area contributed by atoms with Gasteiger partial charge in [0, 0.05) is 25.0 Å². The van der Waals surface area contributed by atoms with E-state index in [1.165, 1.54) is 0 Å². The maximum atomic E-state index is 11.6. The monoisotopic (exact) mass is 265 g/mol. The van der Waals surface area contributed by atoms with Crippen molar-refractivity contribution in [2.45, 2.75) is 32.2 Å². The van der Waals surface area contributed by atoms with E-state index in [1.54, 1.807) is 12.4 Å². The summed E-state index contributed by atoms with van der Waals surface area (Å²) in [5.74, 6) is -0.914. The van der Waals surface area contributed by atoms with Crippen LogP contribution in [0.1, 0.15) is 25.3 Å². The van der Waals surface area contributed by atoms with Gasteiger partial charge in [-0.1, -0.05) is 13.0 Å². The van der Waals surface area contributed by atoms with E-state index in [-0.39, 0.29) is 18.5 Å². The number of carbonyl (C=O) groups is 2. The van der Waals surface area contributed by atoms with Gasteiger partial charge in [0.2, 0.25) is 0 Å². The zero-order valence-corrected chi connectivity index (χ0v) is 10.9. The van der Waals surface area contributed by atoms with Crippen LogP contribution in [-0.4, -0.2) is 34.7 Å². The minimum absolute atomic E-state index is 0.0630. The molecule has 1 rings (SSSR count). The lowest BCUT2D eigenvalue weighted by Gasteiger charge is -2.15. The molecule has 19 heavy (non-hydrogen) atoms. The lowest BCUT2D eigenvalue weighted by Crippen LogP contribution is -2.43. The van der Waals surface area contributed by atoms with Crippen molar-refractivity contribution < 1.29 is 14.7 Å². The molecule has 1 aromatic heterocycles. The maximum absolute atomic E-state index is 11.6. The molecule has 0 spiro atoms. The number of aliphatic carboxylic acids is 1. The Bertz CT molecular complexity index is 409. The van der Waals surface area contributed by atoms with Crippen LogP contribution < -0.4 is 10.6 Å². The molecule has 1 aromatic rings. The summed E-state index contributed by atoms with van der Waals surface area (Å²) in [6.45, 7) is 2.32. The molecule has 3 N–H and O–H groups in total. The topological polar surface area (TPSA) is 91.3 Å². The van der Waals surface area contributed by atoms with Crippen molar-refractivity contribution in [2.75, 3.05) is 6.54 Å². The van der Waals surface area contributed by atoms with E-state index in [4.69, 9.17) is 5.11 Å². The molecule has 104 valence electrons. The molecule has 6 nitrogen and oxygen atoms in total. The molecule has 2 amide bonds. The number of nitrogens with zero attached hydrogens (tertiary/aromatic N) is 1. The summed E-state index contributed by atoms with van der Waals surface area (Å²) in [7, 11) is 0. The summed E-state index contributed by atoms with van der Waals surface area (Å²) in [6, 6.07) is 3.11. The van der Waals surface area contributed by atoms with Crippen LogP contribution in [0.25, 0.3) is 0 Å². The average molecular weight is 265 g/mol. The number of aromatic nitrogens is 1. The van der Waals surface area contributed by atoms with Gasteiger partial charge in [-0.2, -0.15) is 0 Å². The van der Waals surface area contributed by atoms with Gasteiger partial charge in [-0.3, -0.25) is 9.78 Å². The van der Waals surface area contributed by atoms with Crippen LogP contribution in [0.2, 0.25) is 0 Å². The smallest absolute Gasteiger partial charge is 0.315 e. The van der Waals surface area contributed by atoms with E-state index in [1.807, 2.05) is 19.1 Å². The summed E-state index contributed by atoms with van der Waals surface area (Å²) < 4.78 is 0. The molecule has 0 aromatic carbocycles. The lowest BCUT2D eigenvalue weighted by molar-refractivity contribution is -0.137. The highest BCUT2D eigenvalue weighted by molar-refractivity contribution is 5.75. The highest BCUT2D eigenvalue weighted by Crippen LogP contribution is 1.98. The van der Waals surface area contributed by atoms with Gasteiger partial charge in [0.05, 0.1) is 6.42 Å². The second-order valence-electron chi connectivity index (χ2n) is 4.21. The molecule has 0 bridgehead atoms. The molecular weight excluding hydrogens is 246 g/mol. The Morgan fingerprint density at radius 1 is 1.47 bits per heavy atom. The van der Waals surface area contributed by atoms with Crippen molar-refractivity contribution in [3.8, 4) is 0 Å². The second-order valence-corrected chi connectivity index (χ2v) is 4.21. The first-order chi connectivity index (χ1) is 9.11. The summed E-state index contributed by atoms with van der Waals surface area (Å²) >= 11 is 0. The molecule has 0 aliphatic heterocycles. The number of nitrogens with one attached hydrogen (secondary N) is 2. The fourth-order valence-corrected chi connectivity index (χ4v) is 1.61. The van der Waals surface area contributed by atoms with Crippen LogP contribution in [0.3, 0.4) is 0 Å². The van der Waals surface area contributed by atoms with Crippen molar-refractivity contribution in [2.24, 2.45) is 0 Å². The predicted molar refractivity (Wildman–Crippen MR) is 70.8 cm³/mol. The molecule has 1 heterocycles. The number of hydrogen-bond donors (Lipinski definition) is 3. The van der Waals surface area contributed by atoms with Gasteiger partial charge in [-0.15, -0.1) is 0 Å². The Morgan fingerprint density at radius 2 is 2.26 bits per heavy atom. The van der Waals surface area contributed by atoms with Gasteiger partial charge in [0.15, 0.2) is 0 Å². The van der Waals surface area contributed by atoms with Crippen LogP contribution in [0.5, 0.6) is 0 Å². The first-order valence-corrected chi connectivity index (χ1v) is 6.27. The second kappa shape index (κ2) is 8.07. The van der Waals surface area contributed by atoms with Crippen molar-refractivity contribution in [1.29, 1.82) is 0 Å². The standard InChI is InChI=1S/C13H19N3O3/c1-2-11(8-12(17)18)16-13(19)15-7-5-10-4-3-6-14-9-10/h3-4,6,9,11H,2,5,7-8H2,1H3,(H,17,18)(H2,15,16,19). The molecule has 1 unspecified atom stereocenters. The van der Waals surface area contributed by atoms with Gasteiger partial charge in [0.1, 0.15) is 0 Å². The van der Waals surface area contributed by atoms with E-state index in [0.29, 0.717) is 19.4 Å². The average Bonchev–Trinajstić information content (AvgIpc) is 2.38. The molecule has 0 saturated heterocycles. The zero-order chi connectivity index (χ0) is 14.1. The first-order valence-electron chi connectivity index (χ1n) is 6.27. The number of pyridine rings is 1. The third-order valence-corrected chi connectivity index (χ3v) is 2.67. The van der Waals surface area contributed by atoms with Crippen molar-refractivity contribution in [1.82, 2.24) is 15.6 Å². The maximum Gasteiger partial charge on any atom is 0.315 e. The summed E-state index contributed by atoms with van der Waals surface area (Å²) in [5, 5.41) is 14.0.